The smallest absolute Gasteiger partial charge is 0.252 e. The molecule has 0 radical (unpaired) electrons. The molecule has 3 aliphatic heterocycles. The summed E-state index contributed by atoms with van der Waals surface area (Å²) in [7, 11) is 0. The zero-order valence-corrected chi connectivity index (χ0v) is 45.6. The fourth-order valence-corrected chi connectivity index (χ4v) is 13.9. The van der Waals surface area contributed by atoms with E-state index in [9.17, 15) is 0 Å². The van der Waals surface area contributed by atoms with E-state index in [-0.39, 0.29) is 39.3 Å². The first-order valence-electron chi connectivity index (χ1n) is 26.9. The highest BCUT2D eigenvalue weighted by Crippen LogP contribution is 2.67. The first kappa shape index (κ1) is 47.2. The van der Waals surface area contributed by atoms with Crippen LogP contribution < -0.4 is 31.1 Å². The van der Waals surface area contributed by atoms with Crippen LogP contribution in [0.3, 0.4) is 0 Å². The Morgan fingerprint density at radius 2 is 0.918 bits per heavy atom. The van der Waals surface area contributed by atoms with Crippen LogP contribution in [0.15, 0.2) is 176 Å². The van der Waals surface area contributed by atoms with E-state index in [0.29, 0.717) is 0 Å². The van der Waals surface area contributed by atoms with Crippen molar-refractivity contribution < 1.29 is 0 Å². The molecule has 8 aromatic rings. The Balaban J connectivity index is 1.20. The quantitative estimate of drug-likeness (QED) is 0.159. The number of anilines is 8. The van der Waals surface area contributed by atoms with Crippen molar-refractivity contribution in [2.75, 3.05) is 14.7 Å². The van der Waals surface area contributed by atoms with Crippen molar-refractivity contribution in [1.82, 2.24) is 0 Å². The lowest BCUT2D eigenvalue weighted by Gasteiger charge is -2.47. The molecule has 366 valence electrons. The average Bonchev–Trinajstić information content (AvgIpc) is 3.69. The number of nitrogens with zero attached hydrogens (tertiary/aromatic N) is 3. The van der Waals surface area contributed by atoms with Gasteiger partial charge in [-0.2, -0.15) is 0 Å². The first-order valence-corrected chi connectivity index (χ1v) is 26.9. The molecule has 4 aliphatic rings. The molecule has 2 unspecified atom stereocenters. The van der Waals surface area contributed by atoms with Gasteiger partial charge in [-0.05, 0) is 157 Å². The second-order valence-electron chi connectivity index (χ2n) is 26.3. The molecule has 3 nitrogen and oxygen atoms in total. The molecule has 0 aromatic heterocycles. The molecule has 0 amide bonds. The number of benzene rings is 8. The van der Waals surface area contributed by atoms with Crippen molar-refractivity contribution >= 4 is 68.6 Å². The lowest BCUT2D eigenvalue weighted by atomic mass is 9.33. The topological polar surface area (TPSA) is 9.72 Å². The van der Waals surface area contributed by atoms with E-state index >= 15 is 0 Å². The lowest BCUT2D eigenvalue weighted by molar-refractivity contribution is 0.330. The normalized spacial score (nSPS) is 19.6. The highest BCUT2D eigenvalue weighted by molar-refractivity contribution is 7.00. The Morgan fingerprint density at radius 3 is 1.55 bits per heavy atom. The fourth-order valence-electron chi connectivity index (χ4n) is 13.9. The van der Waals surface area contributed by atoms with Crippen molar-refractivity contribution in [3.05, 3.63) is 198 Å². The molecule has 12 rings (SSSR count). The zero-order chi connectivity index (χ0) is 51.2. The number of rotatable bonds is 5. The highest BCUT2D eigenvalue weighted by Gasteiger charge is 2.64. The lowest BCUT2D eigenvalue weighted by Crippen LogP contribution is -2.61. The largest absolute Gasteiger partial charge is 0.334 e. The minimum Gasteiger partial charge on any atom is -0.334 e. The van der Waals surface area contributed by atoms with Crippen LogP contribution in [0.1, 0.15) is 125 Å². The van der Waals surface area contributed by atoms with E-state index < -0.39 is 0 Å². The van der Waals surface area contributed by atoms with Gasteiger partial charge in [-0.15, -0.1) is 0 Å². The van der Waals surface area contributed by atoms with Crippen molar-refractivity contribution in [1.29, 1.82) is 0 Å². The van der Waals surface area contributed by atoms with Gasteiger partial charge in [-0.25, -0.2) is 0 Å². The molecule has 0 spiro atoms. The van der Waals surface area contributed by atoms with Gasteiger partial charge >= 0.3 is 0 Å². The molecular formula is C69H72BN3. The van der Waals surface area contributed by atoms with E-state index in [1.165, 1.54) is 101 Å². The van der Waals surface area contributed by atoms with Gasteiger partial charge in [0.15, 0.2) is 0 Å². The van der Waals surface area contributed by atoms with Gasteiger partial charge in [0.25, 0.3) is 6.71 Å². The Kier molecular flexibility index (Phi) is 10.4. The van der Waals surface area contributed by atoms with Crippen LogP contribution in [0, 0.1) is 5.41 Å². The van der Waals surface area contributed by atoms with Gasteiger partial charge in [0.05, 0.1) is 5.54 Å². The summed E-state index contributed by atoms with van der Waals surface area (Å²) in [5.41, 5.74) is 24.1. The third-order valence-electron chi connectivity index (χ3n) is 17.5. The number of hydrogen-bond donors (Lipinski definition) is 0. The first-order chi connectivity index (χ1) is 34.5. The summed E-state index contributed by atoms with van der Waals surface area (Å²) in [6.45, 7) is 31.3. The zero-order valence-electron chi connectivity index (χ0n) is 45.6. The minimum atomic E-state index is -0.196. The van der Waals surface area contributed by atoms with Gasteiger partial charge in [-0.1, -0.05) is 204 Å². The fraction of sp³-hybridized carbons (Fsp3) is 0.304. The van der Waals surface area contributed by atoms with Crippen molar-refractivity contribution in [3.63, 3.8) is 0 Å². The second kappa shape index (κ2) is 16.1. The molecule has 1 aliphatic carbocycles. The van der Waals surface area contributed by atoms with Crippen molar-refractivity contribution in [2.24, 2.45) is 5.41 Å². The maximum Gasteiger partial charge on any atom is 0.252 e. The third kappa shape index (κ3) is 7.44. The predicted octanol–water partition coefficient (Wildman–Crippen LogP) is 17.0. The predicted molar refractivity (Wildman–Crippen MR) is 315 cm³/mol. The summed E-state index contributed by atoms with van der Waals surface area (Å²) in [5.74, 6) is 0. The van der Waals surface area contributed by atoms with Gasteiger partial charge < -0.3 is 14.7 Å². The molecule has 0 N–H and O–H groups in total. The number of fused-ring (bicyclic) bond motifs is 7. The van der Waals surface area contributed by atoms with Crippen LogP contribution in [-0.4, -0.2) is 12.3 Å². The van der Waals surface area contributed by atoms with Crippen LogP contribution in [0.25, 0.3) is 22.3 Å². The van der Waals surface area contributed by atoms with Crippen LogP contribution in [0.4, 0.5) is 45.5 Å². The highest BCUT2D eigenvalue weighted by atomic mass is 15.3. The Bertz CT molecular complexity index is 3480. The number of hydrogen-bond acceptors (Lipinski definition) is 3. The van der Waals surface area contributed by atoms with Crippen LogP contribution in [-0.2, 0) is 21.7 Å². The molecule has 1 fully saturated rings. The van der Waals surface area contributed by atoms with Gasteiger partial charge in [0.2, 0.25) is 0 Å². The molecule has 8 aromatic carbocycles. The summed E-state index contributed by atoms with van der Waals surface area (Å²) in [4.78, 5) is 8.07. The van der Waals surface area contributed by atoms with Gasteiger partial charge in [0, 0.05) is 50.9 Å². The standard InChI is InChI=1S/C69H72BN3/c1-64(2,3)49-25-20-26-53(38-49)72-60-40-51(66(7,8)9)30-34-56(60)70-57-37-48(46-23-18-15-19-24-46)29-35-59(57)71(52-32-27-47(28-33-52)45-21-16-14-17-22-45)61-41-54(42-62(72)63(61)70)73-58-36-31-50(65(4,5)6)39-55(58)68(12)43-67(10,11)44-69(68,73)13/h14-42H,43-44H2,1-13H3. The maximum absolute atomic E-state index is 2.81. The minimum absolute atomic E-state index is 0.0278. The molecule has 1 saturated carbocycles. The monoisotopic (exact) mass is 954 g/mol. The molecule has 0 bridgehead atoms. The van der Waals surface area contributed by atoms with Crippen molar-refractivity contribution in [2.45, 2.75) is 130 Å². The Morgan fingerprint density at radius 1 is 0.384 bits per heavy atom. The Labute approximate surface area is 437 Å². The van der Waals surface area contributed by atoms with Crippen LogP contribution in [0.5, 0.6) is 0 Å². The summed E-state index contributed by atoms with van der Waals surface area (Å²) in [5, 5.41) is 0. The van der Waals surface area contributed by atoms with E-state index in [4.69, 9.17) is 0 Å². The second-order valence-corrected chi connectivity index (χ2v) is 26.3. The molecule has 4 heteroatoms. The van der Waals surface area contributed by atoms with Gasteiger partial charge in [0.1, 0.15) is 0 Å². The summed E-state index contributed by atoms with van der Waals surface area (Å²) >= 11 is 0. The van der Waals surface area contributed by atoms with E-state index in [2.05, 4.69) is 281 Å². The SMILES string of the molecule is CC1(C)CC2(C)c3cc(C(C)(C)C)ccc3N(c3cc4c5c(c3)N(c3cccc(C(C)(C)C)c3)c3cc(C(C)(C)C)ccc3B5c3cc(-c5ccccc5)ccc3N4c3ccc(-c4ccccc4)cc3)C2(C)C1. The molecule has 3 heterocycles. The summed E-state index contributed by atoms with van der Waals surface area (Å²) in [6.07, 6.45) is 2.20. The summed E-state index contributed by atoms with van der Waals surface area (Å²) < 4.78 is 0. The maximum atomic E-state index is 2.81. The molecule has 73 heavy (non-hydrogen) atoms. The Hall–Kier alpha value is -6.78. The third-order valence-corrected chi connectivity index (χ3v) is 17.5. The average molecular weight is 954 g/mol. The molecular weight excluding hydrogens is 882 g/mol. The summed E-state index contributed by atoms with van der Waals surface area (Å²) in [6, 6.07) is 67.8. The van der Waals surface area contributed by atoms with E-state index in [1.54, 1.807) is 0 Å². The van der Waals surface area contributed by atoms with E-state index in [1.807, 2.05) is 0 Å². The van der Waals surface area contributed by atoms with Crippen LogP contribution in [0.2, 0.25) is 0 Å². The van der Waals surface area contributed by atoms with E-state index in [0.717, 1.165) is 18.5 Å². The molecule has 0 saturated heterocycles. The van der Waals surface area contributed by atoms with Crippen molar-refractivity contribution in [3.8, 4) is 22.3 Å². The van der Waals surface area contributed by atoms with Gasteiger partial charge in [-0.3, -0.25) is 0 Å². The molecule has 2 atom stereocenters. The van der Waals surface area contributed by atoms with Crippen LogP contribution >= 0.6 is 0 Å².